The first-order chi connectivity index (χ1) is 51.0. The van der Waals surface area contributed by atoms with Crippen molar-refractivity contribution in [3.05, 3.63) is 94.6 Å². The summed E-state index contributed by atoms with van der Waals surface area (Å²) in [5, 5.41) is 17.4. The predicted octanol–water partition coefficient (Wildman–Crippen LogP) is 2.00. The van der Waals surface area contributed by atoms with Crippen LogP contribution in [-0.2, 0) is 87.9 Å². The number of allylic oxidation sites excluding steroid dienone is 2. The summed E-state index contributed by atoms with van der Waals surface area (Å²) in [6.45, 7) is 22.5. The molecule has 0 atom stereocenters. The molecular weight excluding hydrogens is 1370 g/mol. The van der Waals surface area contributed by atoms with Crippen molar-refractivity contribution in [2.45, 2.75) is 60.3 Å². The van der Waals surface area contributed by atoms with Crippen LogP contribution in [0.2, 0.25) is 0 Å². The first-order valence-electron chi connectivity index (χ1n) is 35.3. The number of rotatable bonds is 53. The number of hydrogen-bond donors (Lipinski definition) is 5. The molecule has 574 valence electrons. The average Bonchev–Trinajstić information content (AvgIpc) is 1.63. The number of aryl methyl sites for hydroxylation is 4. The molecule has 7 N–H and O–H groups in total. The normalized spacial score (nSPS) is 13.6. The van der Waals surface area contributed by atoms with E-state index < -0.39 is 41.4 Å². The SMILES string of the molecule is CCn1nc(C)cc1C(=O)Nc1nc2cc(C(N)=O)cc(OC)c2n1C/C=C/Cn1c(NC(=O)c2cc(C)nn2CC)nc2cc(C(N)=O)cc(OCCCN3CCN(CCOCCOCCOCCOCCOCCOCCOCCOCCOCCOCCNC(=O)CN4C(=O)C=CC4=O)CC3)c21. The highest BCUT2D eigenvalue weighted by Crippen LogP contribution is 2.33. The minimum atomic E-state index is -0.680. The minimum Gasteiger partial charge on any atom is -0.494 e. The Kier molecular flexibility index (Phi) is 34.2. The van der Waals surface area contributed by atoms with Crippen molar-refractivity contribution >= 4 is 75.3 Å². The lowest BCUT2D eigenvalue weighted by Crippen LogP contribution is -2.47. The smallest absolute Gasteiger partial charge is 0.276 e. The Morgan fingerprint density at radius 1 is 0.495 bits per heavy atom. The molecular formula is C70H100N16O19. The van der Waals surface area contributed by atoms with Crippen LogP contribution in [0.4, 0.5) is 11.9 Å². The molecule has 35 heteroatoms. The molecule has 1 saturated heterocycles. The van der Waals surface area contributed by atoms with Crippen molar-refractivity contribution in [2.24, 2.45) is 11.5 Å². The third-order valence-corrected chi connectivity index (χ3v) is 16.5. The number of nitrogens with one attached hydrogen (secondary N) is 3. The lowest BCUT2D eigenvalue weighted by atomic mass is 10.1. The van der Waals surface area contributed by atoms with Crippen molar-refractivity contribution in [3.8, 4) is 11.5 Å². The van der Waals surface area contributed by atoms with Crippen LogP contribution in [0.25, 0.3) is 22.1 Å². The van der Waals surface area contributed by atoms with Crippen molar-refractivity contribution < 1.29 is 90.4 Å². The standard InChI is InChI=1S/C70H100N16O19/c1-6-85-56(43-50(3)78-85)67(92)76-69-74-54-45-52(65(71)90)47-58(94-5)63(54)82(69)15-8-9-16-83-64-55(75-70(83)77-68(93)57-44-51(4)79-86(57)7-2)46-53(66(72)91)48-59(64)105-22-10-14-80-17-19-81(20-18-80)21-24-96-26-28-98-30-32-100-34-36-102-38-40-104-42-41-103-39-37-101-35-33-99-31-29-97-27-25-95-23-13-73-60(87)49-84-61(88)11-12-62(84)89/h8-9,11-12,43-48H,6-7,10,13-42,49H2,1-5H3,(H2,71,90)(H2,72,91)(H,73,87)(H,74,76,92)(H,75,77,93)/b9-8+. The maximum absolute atomic E-state index is 14.0. The molecule has 8 rings (SSSR count). The van der Waals surface area contributed by atoms with Crippen molar-refractivity contribution in [2.75, 3.05) is 209 Å². The van der Waals surface area contributed by atoms with E-state index >= 15 is 0 Å². The Labute approximate surface area is 608 Å². The van der Waals surface area contributed by atoms with E-state index in [0.717, 1.165) is 56.3 Å². The van der Waals surface area contributed by atoms with Crippen molar-refractivity contribution in [1.82, 2.24) is 58.7 Å². The van der Waals surface area contributed by atoms with Gasteiger partial charge in [-0.1, -0.05) is 12.2 Å². The monoisotopic (exact) mass is 1470 g/mol. The number of fused-ring (bicyclic) bond motifs is 2. The first-order valence-corrected chi connectivity index (χ1v) is 35.3. The Hall–Kier alpha value is -9.11. The molecule has 35 nitrogen and oxygen atoms in total. The molecule has 4 aromatic heterocycles. The Morgan fingerprint density at radius 2 is 0.876 bits per heavy atom. The molecule has 2 aliphatic heterocycles. The van der Waals surface area contributed by atoms with E-state index in [2.05, 4.69) is 35.9 Å². The summed E-state index contributed by atoms with van der Waals surface area (Å²) in [5.74, 6) is -2.70. The van der Waals surface area contributed by atoms with Crippen LogP contribution >= 0.6 is 0 Å². The van der Waals surface area contributed by atoms with Gasteiger partial charge in [0.2, 0.25) is 29.6 Å². The number of imidazole rings is 2. The lowest BCUT2D eigenvalue weighted by Gasteiger charge is -2.34. The van der Waals surface area contributed by atoms with E-state index in [9.17, 15) is 33.6 Å². The number of primary amides is 2. The van der Waals surface area contributed by atoms with Crippen LogP contribution in [0.3, 0.4) is 0 Å². The zero-order valence-electron chi connectivity index (χ0n) is 60.6. The van der Waals surface area contributed by atoms with Gasteiger partial charge in [-0.2, -0.15) is 10.2 Å². The lowest BCUT2D eigenvalue weighted by molar-refractivity contribution is -0.141. The van der Waals surface area contributed by atoms with Gasteiger partial charge in [0.05, 0.1) is 168 Å². The summed E-state index contributed by atoms with van der Waals surface area (Å²) in [6.07, 6.45) is 6.65. The van der Waals surface area contributed by atoms with Crippen LogP contribution in [0.5, 0.6) is 11.5 Å². The van der Waals surface area contributed by atoms with Crippen molar-refractivity contribution in [1.29, 1.82) is 0 Å². The number of carbonyl (C=O) groups excluding carboxylic acids is 7. The minimum absolute atomic E-state index is 0.139. The van der Waals surface area contributed by atoms with Gasteiger partial charge >= 0.3 is 0 Å². The third-order valence-electron chi connectivity index (χ3n) is 16.5. The van der Waals surface area contributed by atoms with Crippen molar-refractivity contribution in [3.63, 3.8) is 0 Å². The molecule has 0 aliphatic carbocycles. The Bertz CT molecular complexity index is 3840. The number of anilines is 2. The third kappa shape index (κ3) is 25.9. The quantitative estimate of drug-likeness (QED) is 0.0207. The second-order valence-corrected chi connectivity index (χ2v) is 24.0. The molecule has 0 saturated carbocycles. The topological polar surface area (TPSA) is 399 Å². The number of benzene rings is 2. The molecule has 0 radical (unpaired) electrons. The van der Waals surface area contributed by atoms with Gasteiger partial charge < -0.3 is 87.7 Å². The number of carbonyl (C=O) groups is 7. The average molecular weight is 1470 g/mol. The van der Waals surface area contributed by atoms with E-state index in [0.29, 0.717) is 208 Å². The van der Waals surface area contributed by atoms with E-state index in [1.165, 1.54) is 19.2 Å². The molecule has 6 heterocycles. The number of aromatic nitrogens is 8. The summed E-state index contributed by atoms with van der Waals surface area (Å²) >= 11 is 0. The van der Waals surface area contributed by atoms with Gasteiger partial charge in [-0.3, -0.25) is 63.4 Å². The zero-order valence-corrected chi connectivity index (χ0v) is 60.6. The van der Waals surface area contributed by atoms with Crippen LogP contribution in [0, 0.1) is 13.8 Å². The maximum Gasteiger partial charge on any atom is 0.276 e. The van der Waals surface area contributed by atoms with Gasteiger partial charge in [-0.05, 0) is 70.5 Å². The van der Waals surface area contributed by atoms with Crippen LogP contribution < -0.4 is 36.9 Å². The van der Waals surface area contributed by atoms with E-state index in [1.54, 1.807) is 56.6 Å². The number of hydrogen-bond acceptors (Lipinski definition) is 25. The van der Waals surface area contributed by atoms with Crippen LogP contribution in [-0.4, -0.2) is 293 Å². The highest BCUT2D eigenvalue weighted by Gasteiger charge is 2.27. The molecule has 105 heavy (non-hydrogen) atoms. The molecule has 2 aliphatic rings. The van der Waals surface area contributed by atoms with E-state index in [1.807, 2.05) is 26.0 Å². The maximum atomic E-state index is 14.0. The molecule has 6 aromatic rings. The summed E-state index contributed by atoms with van der Waals surface area (Å²) < 4.78 is 74.7. The highest BCUT2D eigenvalue weighted by atomic mass is 16.6. The predicted molar refractivity (Wildman–Crippen MR) is 383 cm³/mol. The van der Waals surface area contributed by atoms with Gasteiger partial charge in [-0.15, -0.1) is 0 Å². The van der Waals surface area contributed by atoms with Gasteiger partial charge in [0.1, 0.15) is 40.5 Å². The summed E-state index contributed by atoms with van der Waals surface area (Å²) in [4.78, 5) is 103. The van der Waals surface area contributed by atoms with Gasteiger partial charge in [-0.25, -0.2) is 9.97 Å². The highest BCUT2D eigenvalue weighted by molar-refractivity contribution is 6.14. The molecule has 1 fully saturated rings. The Balaban J connectivity index is 0.664. The van der Waals surface area contributed by atoms with E-state index in [4.69, 9.17) is 78.3 Å². The fourth-order valence-corrected chi connectivity index (χ4v) is 11.2. The number of imide groups is 1. The number of ether oxygens (including phenoxy) is 12. The second-order valence-electron chi connectivity index (χ2n) is 24.0. The number of nitrogens with zero attached hydrogens (tertiary/aromatic N) is 11. The Morgan fingerprint density at radius 3 is 1.28 bits per heavy atom. The zero-order chi connectivity index (χ0) is 74.7. The number of piperazine rings is 1. The molecule has 2 aromatic carbocycles. The fraction of sp³-hybridized carbons (Fsp3) is 0.557. The van der Waals surface area contributed by atoms with E-state index in [-0.39, 0.29) is 55.8 Å². The van der Waals surface area contributed by atoms with Gasteiger partial charge in [0, 0.05) is 95.3 Å². The van der Waals surface area contributed by atoms with Crippen LogP contribution in [0.1, 0.15) is 73.3 Å². The van der Waals surface area contributed by atoms with Gasteiger partial charge in [0.15, 0.2) is 0 Å². The van der Waals surface area contributed by atoms with Gasteiger partial charge in [0.25, 0.3) is 23.6 Å². The molecule has 0 bridgehead atoms. The largest absolute Gasteiger partial charge is 0.494 e. The molecule has 0 spiro atoms. The molecule has 7 amide bonds. The fourth-order valence-electron chi connectivity index (χ4n) is 11.2. The summed E-state index contributed by atoms with van der Waals surface area (Å²) in [5.41, 5.74) is 15.6. The number of nitrogens with two attached hydrogens (primary N) is 2. The number of methoxy groups -OCH3 is 1. The molecule has 0 unspecified atom stereocenters. The number of amides is 7. The summed E-state index contributed by atoms with van der Waals surface area (Å²) in [7, 11) is 1.46. The summed E-state index contributed by atoms with van der Waals surface area (Å²) in [6, 6.07) is 9.60. The first kappa shape index (κ1) is 81.6. The second kappa shape index (κ2) is 44.0. The van der Waals surface area contributed by atoms with Crippen LogP contribution in [0.15, 0.2) is 60.7 Å².